The fraction of sp³-hybridized carbons (Fsp3) is 0.400. The molecule has 0 saturated heterocycles. The summed E-state index contributed by atoms with van der Waals surface area (Å²) >= 11 is 1.41. The quantitative estimate of drug-likeness (QED) is 0.913. The molecule has 0 bridgehead atoms. The molecular formula is C15H18N2O2S. The van der Waals surface area contributed by atoms with E-state index in [4.69, 9.17) is 10.5 Å². The molecule has 1 unspecified atom stereocenters. The number of carbonyl (C=O) groups excluding carboxylic acids is 1. The summed E-state index contributed by atoms with van der Waals surface area (Å²) < 4.78 is 6.30. The van der Waals surface area contributed by atoms with Crippen LogP contribution in [0.2, 0.25) is 0 Å². The predicted molar refractivity (Wildman–Crippen MR) is 82.4 cm³/mol. The minimum Gasteiger partial charge on any atom is -0.496 e. The SMILES string of the molecule is COc1cccc2sc(C(=O)NC3CC3(C)C)c(N)c12. The number of hydrogen-bond acceptors (Lipinski definition) is 4. The molecule has 1 aromatic heterocycles. The van der Waals surface area contributed by atoms with Crippen molar-refractivity contribution in [2.75, 3.05) is 12.8 Å². The molecule has 1 amide bonds. The maximum absolute atomic E-state index is 12.4. The number of methoxy groups -OCH3 is 1. The highest BCUT2D eigenvalue weighted by atomic mass is 32.1. The van der Waals surface area contributed by atoms with Gasteiger partial charge >= 0.3 is 0 Å². The van der Waals surface area contributed by atoms with Gasteiger partial charge in [-0.3, -0.25) is 4.79 Å². The van der Waals surface area contributed by atoms with Crippen molar-refractivity contribution in [3.63, 3.8) is 0 Å². The average Bonchev–Trinajstić information content (AvgIpc) is 2.85. The standard InChI is InChI=1S/C15H18N2O2S/c1-15(2)7-10(15)17-14(18)13-12(16)11-8(19-3)5-4-6-9(11)20-13/h4-6,10H,7,16H2,1-3H3,(H,17,18). The third kappa shape index (κ3) is 2.02. The van der Waals surface area contributed by atoms with E-state index in [2.05, 4.69) is 19.2 Å². The molecule has 0 spiro atoms. The van der Waals surface area contributed by atoms with Crippen LogP contribution in [0.25, 0.3) is 10.1 Å². The van der Waals surface area contributed by atoms with Crippen molar-refractivity contribution < 1.29 is 9.53 Å². The van der Waals surface area contributed by atoms with E-state index in [1.165, 1.54) is 11.3 Å². The zero-order valence-corrected chi connectivity index (χ0v) is 12.6. The van der Waals surface area contributed by atoms with Crippen LogP contribution in [0.15, 0.2) is 18.2 Å². The number of rotatable bonds is 3. The molecule has 1 heterocycles. The minimum absolute atomic E-state index is 0.0821. The summed E-state index contributed by atoms with van der Waals surface area (Å²) in [5, 5.41) is 3.88. The number of benzene rings is 1. The maximum atomic E-state index is 12.4. The van der Waals surface area contributed by atoms with Crippen LogP contribution in [0.5, 0.6) is 5.75 Å². The summed E-state index contributed by atoms with van der Waals surface area (Å²) in [6, 6.07) is 5.97. The van der Waals surface area contributed by atoms with Gasteiger partial charge in [0.25, 0.3) is 5.91 Å². The van der Waals surface area contributed by atoms with E-state index < -0.39 is 0 Å². The lowest BCUT2D eigenvalue weighted by Gasteiger charge is -2.06. The highest BCUT2D eigenvalue weighted by molar-refractivity contribution is 7.21. The number of fused-ring (bicyclic) bond motifs is 1. The first-order valence-electron chi connectivity index (χ1n) is 6.60. The second kappa shape index (κ2) is 4.38. The van der Waals surface area contributed by atoms with E-state index in [-0.39, 0.29) is 17.4 Å². The number of nitrogens with one attached hydrogen (secondary N) is 1. The highest BCUT2D eigenvalue weighted by Crippen LogP contribution is 2.45. The Balaban J connectivity index is 1.96. The van der Waals surface area contributed by atoms with Crippen LogP contribution in [0.1, 0.15) is 29.9 Å². The van der Waals surface area contributed by atoms with E-state index in [0.717, 1.165) is 16.5 Å². The van der Waals surface area contributed by atoms with Gasteiger partial charge in [-0.15, -0.1) is 11.3 Å². The van der Waals surface area contributed by atoms with Gasteiger partial charge in [0.2, 0.25) is 0 Å². The van der Waals surface area contributed by atoms with Gasteiger partial charge in [-0.25, -0.2) is 0 Å². The minimum atomic E-state index is -0.0821. The Labute approximate surface area is 121 Å². The summed E-state index contributed by atoms with van der Waals surface area (Å²) in [7, 11) is 1.61. The molecule has 3 N–H and O–H groups in total. The van der Waals surface area contributed by atoms with Gasteiger partial charge in [0.1, 0.15) is 10.6 Å². The maximum Gasteiger partial charge on any atom is 0.263 e. The molecule has 1 aliphatic carbocycles. The van der Waals surface area contributed by atoms with Gasteiger partial charge in [0.05, 0.1) is 18.2 Å². The average molecular weight is 290 g/mol. The molecule has 1 atom stereocenters. The summed E-state index contributed by atoms with van der Waals surface area (Å²) in [6.07, 6.45) is 1.02. The summed E-state index contributed by atoms with van der Waals surface area (Å²) in [4.78, 5) is 12.9. The molecule has 4 nitrogen and oxygen atoms in total. The van der Waals surface area contributed by atoms with E-state index in [0.29, 0.717) is 16.3 Å². The Morgan fingerprint density at radius 2 is 2.20 bits per heavy atom. The monoisotopic (exact) mass is 290 g/mol. The summed E-state index contributed by atoms with van der Waals surface area (Å²) in [5.74, 6) is 0.628. The second-order valence-corrected chi connectivity index (χ2v) is 6.95. The van der Waals surface area contributed by atoms with Crippen LogP contribution in [0.3, 0.4) is 0 Å². The molecule has 1 aliphatic rings. The molecule has 5 heteroatoms. The number of nitrogen functional groups attached to an aromatic ring is 1. The zero-order valence-electron chi connectivity index (χ0n) is 11.8. The number of anilines is 1. The first-order chi connectivity index (χ1) is 9.44. The van der Waals surface area contributed by atoms with Crippen molar-refractivity contribution in [2.24, 2.45) is 5.41 Å². The molecule has 1 aromatic carbocycles. The van der Waals surface area contributed by atoms with Crippen molar-refractivity contribution in [1.29, 1.82) is 0 Å². The van der Waals surface area contributed by atoms with E-state index in [1.54, 1.807) is 7.11 Å². The number of nitrogens with two attached hydrogens (primary N) is 1. The predicted octanol–water partition coefficient (Wildman–Crippen LogP) is 3.02. The third-order valence-corrected chi connectivity index (χ3v) is 5.13. The molecule has 1 fully saturated rings. The lowest BCUT2D eigenvalue weighted by molar-refractivity contribution is 0.0951. The highest BCUT2D eigenvalue weighted by Gasteiger charge is 2.46. The third-order valence-electron chi connectivity index (χ3n) is 3.96. The molecule has 106 valence electrons. The smallest absolute Gasteiger partial charge is 0.263 e. The summed E-state index contributed by atoms with van der Waals surface area (Å²) in [6.45, 7) is 4.30. The number of thiophene rings is 1. The normalized spacial score (nSPS) is 19.9. The fourth-order valence-electron chi connectivity index (χ4n) is 2.42. The van der Waals surface area contributed by atoms with Crippen molar-refractivity contribution in [1.82, 2.24) is 5.32 Å². The van der Waals surface area contributed by atoms with E-state index >= 15 is 0 Å². The Kier molecular flexibility index (Phi) is 2.90. The molecule has 0 aliphatic heterocycles. The topological polar surface area (TPSA) is 64.3 Å². The first kappa shape index (κ1) is 13.2. The van der Waals surface area contributed by atoms with E-state index in [9.17, 15) is 4.79 Å². The van der Waals surface area contributed by atoms with E-state index in [1.807, 2.05) is 18.2 Å². The second-order valence-electron chi connectivity index (χ2n) is 5.90. The number of hydrogen-bond donors (Lipinski definition) is 2. The Morgan fingerprint density at radius 3 is 2.80 bits per heavy atom. The first-order valence-corrected chi connectivity index (χ1v) is 7.41. The van der Waals surface area contributed by atoms with Crippen molar-refractivity contribution in [3.8, 4) is 5.75 Å². The Morgan fingerprint density at radius 1 is 1.50 bits per heavy atom. The Hall–Kier alpha value is -1.75. The lowest BCUT2D eigenvalue weighted by Crippen LogP contribution is -2.28. The fourth-order valence-corrected chi connectivity index (χ4v) is 3.46. The van der Waals surface area contributed by atoms with Crippen molar-refractivity contribution in [3.05, 3.63) is 23.1 Å². The molecule has 2 aromatic rings. The molecule has 20 heavy (non-hydrogen) atoms. The molecule has 3 rings (SSSR count). The van der Waals surface area contributed by atoms with Crippen molar-refractivity contribution >= 4 is 33.0 Å². The summed E-state index contributed by atoms with van der Waals surface area (Å²) in [5.41, 5.74) is 6.87. The molecule has 1 saturated carbocycles. The zero-order chi connectivity index (χ0) is 14.5. The van der Waals surface area contributed by atoms with Gasteiger partial charge in [-0.2, -0.15) is 0 Å². The van der Waals surface area contributed by atoms with Gasteiger partial charge in [-0.05, 0) is 24.0 Å². The van der Waals surface area contributed by atoms with Crippen LogP contribution in [-0.4, -0.2) is 19.1 Å². The van der Waals surface area contributed by atoms with Crippen LogP contribution < -0.4 is 15.8 Å². The van der Waals surface area contributed by atoms with Crippen LogP contribution in [0.4, 0.5) is 5.69 Å². The number of amides is 1. The molecule has 0 radical (unpaired) electrons. The van der Waals surface area contributed by atoms with Gasteiger partial charge in [0.15, 0.2) is 0 Å². The lowest BCUT2D eigenvalue weighted by atomic mass is 10.2. The van der Waals surface area contributed by atoms with Gasteiger partial charge < -0.3 is 15.8 Å². The number of carbonyl (C=O) groups is 1. The molecular weight excluding hydrogens is 272 g/mol. The van der Waals surface area contributed by atoms with Crippen molar-refractivity contribution in [2.45, 2.75) is 26.3 Å². The van der Waals surface area contributed by atoms with Crippen LogP contribution in [-0.2, 0) is 0 Å². The van der Waals surface area contributed by atoms with Crippen LogP contribution >= 0.6 is 11.3 Å². The number of ether oxygens (including phenoxy) is 1. The van der Waals surface area contributed by atoms with Gasteiger partial charge in [-0.1, -0.05) is 19.9 Å². The van der Waals surface area contributed by atoms with Crippen LogP contribution in [0, 0.1) is 5.41 Å². The Bertz CT molecular complexity index is 690. The largest absolute Gasteiger partial charge is 0.496 e. The van der Waals surface area contributed by atoms with Gasteiger partial charge in [0, 0.05) is 10.7 Å².